The van der Waals surface area contributed by atoms with Crippen molar-refractivity contribution in [2.24, 2.45) is 0 Å². The second-order valence-corrected chi connectivity index (χ2v) is 6.98. The Kier molecular flexibility index (Phi) is 4.47. The van der Waals surface area contributed by atoms with Crippen LogP contribution in [-0.4, -0.2) is 20.1 Å². The number of nitrogens with zero attached hydrogens (tertiary/aromatic N) is 3. The molecule has 0 atom stereocenters. The molecule has 0 spiro atoms. The summed E-state index contributed by atoms with van der Waals surface area (Å²) in [7, 11) is 0. The number of nitrogens with one attached hydrogen (secondary N) is 1. The molecule has 2 heterocycles. The lowest BCUT2D eigenvalue weighted by molar-refractivity contribution is 0.0945. The Hall–Kier alpha value is -3.41. The molecule has 0 saturated carbocycles. The zero-order chi connectivity index (χ0) is 19.8. The lowest BCUT2D eigenvalue weighted by atomic mass is 10.1. The molecule has 4 aromatic rings. The Morgan fingerprint density at radius 3 is 2.54 bits per heavy atom. The molecular weight excluding hydrogens is 352 g/mol. The summed E-state index contributed by atoms with van der Waals surface area (Å²) in [5.41, 5.74) is 5.42. The predicted molar refractivity (Wildman–Crippen MR) is 110 cm³/mol. The monoisotopic (exact) mass is 374 g/mol. The minimum absolute atomic E-state index is 0.151. The summed E-state index contributed by atoms with van der Waals surface area (Å²) in [6.07, 6.45) is 0. The SMILES string of the molecule is CCn1c(=O)c2cc(C(=O)NCc3cc(C)ccc3C)nn2c2ccccc21. The summed E-state index contributed by atoms with van der Waals surface area (Å²) in [6.45, 7) is 6.94. The van der Waals surface area contributed by atoms with Crippen molar-refractivity contribution in [2.45, 2.75) is 33.9 Å². The minimum atomic E-state index is -0.295. The molecule has 0 saturated heterocycles. The molecule has 0 aliphatic rings. The normalized spacial score (nSPS) is 11.2. The van der Waals surface area contributed by atoms with Gasteiger partial charge in [0.2, 0.25) is 0 Å². The number of hydrogen-bond donors (Lipinski definition) is 1. The Labute approximate surface area is 162 Å². The summed E-state index contributed by atoms with van der Waals surface area (Å²) in [6, 6.07) is 15.3. The maximum atomic E-state index is 12.8. The number of amides is 1. The van der Waals surface area contributed by atoms with Gasteiger partial charge in [-0.25, -0.2) is 4.52 Å². The highest BCUT2D eigenvalue weighted by Crippen LogP contribution is 2.15. The molecule has 1 amide bonds. The number of hydrogen-bond acceptors (Lipinski definition) is 3. The summed E-state index contributed by atoms with van der Waals surface area (Å²) in [5, 5.41) is 7.34. The third-order valence-corrected chi connectivity index (χ3v) is 5.07. The van der Waals surface area contributed by atoms with E-state index in [1.165, 1.54) is 0 Å². The van der Waals surface area contributed by atoms with Gasteiger partial charge in [0, 0.05) is 19.2 Å². The van der Waals surface area contributed by atoms with E-state index in [2.05, 4.69) is 16.5 Å². The van der Waals surface area contributed by atoms with Gasteiger partial charge in [-0.15, -0.1) is 0 Å². The first-order chi connectivity index (χ1) is 13.5. The first-order valence-corrected chi connectivity index (χ1v) is 9.35. The van der Waals surface area contributed by atoms with Crippen LogP contribution in [0.25, 0.3) is 16.6 Å². The second-order valence-electron chi connectivity index (χ2n) is 6.98. The fourth-order valence-corrected chi connectivity index (χ4v) is 3.52. The van der Waals surface area contributed by atoms with Crippen LogP contribution in [0.2, 0.25) is 0 Å². The van der Waals surface area contributed by atoms with Gasteiger partial charge in [0.1, 0.15) is 5.52 Å². The molecule has 2 aromatic carbocycles. The highest BCUT2D eigenvalue weighted by Gasteiger charge is 2.16. The van der Waals surface area contributed by atoms with Crippen LogP contribution in [0.4, 0.5) is 0 Å². The molecule has 4 rings (SSSR count). The quantitative estimate of drug-likeness (QED) is 0.596. The molecular formula is C22H22N4O2. The highest BCUT2D eigenvalue weighted by molar-refractivity contribution is 5.94. The summed E-state index contributed by atoms with van der Waals surface area (Å²) in [4.78, 5) is 25.5. The van der Waals surface area contributed by atoms with E-state index in [0.717, 1.165) is 27.7 Å². The van der Waals surface area contributed by atoms with Gasteiger partial charge >= 0.3 is 0 Å². The van der Waals surface area contributed by atoms with Crippen molar-refractivity contribution in [2.75, 3.05) is 0 Å². The van der Waals surface area contributed by atoms with Crippen molar-refractivity contribution in [1.82, 2.24) is 19.5 Å². The van der Waals surface area contributed by atoms with Gasteiger partial charge in [0.25, 0.3) is 11.5 Å². The van der Waals surface area contributed by atoms with Crippen molar-refractivity contribution in [3.05, 3.63) is 81.3 Å². The van der Waals surface area contributed by atoms with Crippen molar-refractivity contribution < 1.29 is 4.79 Å². The van der Waals surface area contributed by atoms with Gasteiger partial charge in [-0.1, -0.05) is 35.9 Å². The average molecular weight is 374 g/mol. The molecule has 0 bridgehead atoms. The maximum absolute atomic E-state index is 12.8. The molecule has 0 unspecified atom stereocenters. The molecule has 1 N–H and O–H groups in total. The number of para-hydroxylation sites is 2. The van der Waals surface area contributed by atoms with Gasteiger partial charge in [-0.3, -0.25) is 9.59 Å². The number of aromatic nitrogens is 3. The van der Waals surface area contributed by atoms with E-state index in [1.54, 1.807) is 15.1 Å². The van der Waals surface area contributed by atoms with Gasteiger partial charge in [-0.05, 0) is 44.0 Å². The van der Waals surface area contributed by atoms with Crippen LogP contribution in [0.15, 0.2) is 53.3 Å². The number of benzene rings is 2. The van der Waals surface area contributed by atoms with Crippen molar-refractivity contribution in [1.29, 1.82) is 0 Å². The van der Waals surface area contributed by atoms with Crippen LogP contribution >= 0.6 is 0 Å². The largest absolute Gasteiger partial charge is 0.347 e. The van der Waals surface area contributed by atoms with Gasteiger partial charge in [0.15, 0.2) is 5.69 Å². The molecule has 0 aliphatic heterocycles. The number of carbonyl (C=O) groups is 1. The van der Waals surface area contributed by atoms with E-state index in [4.69, 9.17) is 0 Å². The topological polar surface area (TPSA) is 68.4 Å². The average Bonchev–Trinajstić information content (AvgIpc) is 3.15. The highest BCUT2D eigenvalue weighted by atomic mass is 16.2. The van der Waals surface area contributed by atoms with Gasteiger partial charge < -0.3 is 9.88 Å². The van der Waals surface area contributed by atoms with Gasteiger partial charge in [0.05, 0.1) is 11.0 Å². The standard InChI is InChI=1S/C22H22N4O2/c1-4-25-18-7-5-6-8-19(18)26-20(22(25)28)12-17(24-26)21(27)23-13-16-11-14(2)9-10-15(16)3/h5-12H,4,13H2,1-3H3,(H,23,27). The summed E-state index contributed by atoms with van der Waals surface area (Å²) in [5.74, 6) is -0.295. The number of carbonyl (C=O) groups excluding carboxylic acids is 1. The van der Waals surface area contributed by atoms with Gasteiger partial charge in [-0.2, -0.15) is 5.10 Å². The van der Waals surface area contributed by atoms with E-state index in [-0.39, 0.29) is 17.2 Å². The molecule has 142 valence electrons. The first-order valence-electron chi connectivity index (χ1n) is 9.35. The smallest absolute Gasteiger partial charge is 0.277 e. The Bertz CT molecular complexity index is 1270. The zero-order valence-corrected chi connectivity index (χ0v) is 16.2. The number of rotatable bonds is 4. The van der Waals surface area contributed by atoms with Crippen molar-refractivity contribution in [3.8, 4) is 0 Å². The number of fused-ring (bicyclic) bond motifs is 3. The molecule has 6 heteroatoms. The van der Waals surface area contributed by atoms with E-state index < -0.39 is 0 Å². The molecule has 0 radical (unpaired) electrons. The van der Waals surface area contributed by atoms with Crippen LogP contribution in [0.1, 0.15) is 34.1 Å². The fourth-order valence-electron chi connectivity index (χ4n) is 3.52. The molecule has 6 nitrogen and oxygen atoms in total. The Balaban J connectivity index is 1.72. The fraction of sp³-hybridized carbons (Fsp3) is 0.227. The van der Waals surface area contributed by atoms with E-state index in [1.807, 2.05) is 57.2 Å². The lowest BCUT2D eigenvalue weighted by Gasteiger charge is -2.09. The van der Waals surface area contributed by atoms with Crippen molar-refractivity contribution in [3.63, 3.8) is 0 Å². The van der Waals surface area contributed by atoms with E-state index in [9.17, 15) is 9.59 Å². The Morgan fingerprint density at radius 2 is 1.79 bits per heavy atom. The van der Waals surface area contributed by atoms with E-state index in [0.29, 0.717) is 18.6 Å². The molecule has 0 aliphatic carbocycles. The van der Waals surface area contributed by atoms with Crippen LogP contribution in [0.3, 0.4) is 0 Å². The van der Waals surface area contributed by atoms with Crippen LogP contribution < -0.4 is 10.9 Å². The summed E-state index contributed by atoms with van der Waals surface area (Å²) >= 11 is 0. The molecule has 2 aromatic heterocycles. The summed E-state index contributed by atoms with van der Waals surface area (Å²) < 4.78 is 3.26. The predicted octanol–water partition coefficient (Wildman–Crippen LogP) is 3.22. The number of aryl methyl sites for hydroxylation is 3. The maximum Gasteiger partial charge on any atom is 0.277 e. The zero-order valence-electron chi connectivity index (χ0n) is 16.2. The Morgan fingerprint density at radius 1 is 1.04 bits per heavy atom. The third-order valence-electron chi connectivity index (χ3n) is 5.07. The molecule has 0 fully saturated rings. The van der Waals surface area contributed by atoms with Crippen LogP contribution in [-0.2, 0) is 13.1 Å². The molecule has 28 heavy (non-hydrogen) atoms. The second kappa shape index (κ2) is 6.96. The van der Waals surface area contributed by atoms with Crippen molar-refractivity contribution >= 4 is 22.5 Å². The van der Waals surface area contributed by atoms with Crippen LogP contribution in [0, 0.1) is 13.8 Å². The first kappa shape index (κ1) is 18.0. The third kappa shape index (κ3) is 2.97. The van der Waals surface area contributed by atoms with Crippen LogP contribution in [0.5, 0.6) is 0 Å². The van der Waals surface area contributed by atoms with E-state index >= 15 is 0 Å². The lowest BCUT2D eigenvalue weighted by Crippen LogP contribution is -2.23. The minimum Gasteiger partial charge on any atom is -0.347 e.